The zero-order valence-corrected chi connectivity index (χ0v) is 17.7. The van der Waals surface area contributed by atoms with Gasteiger partial charge < -0.3 is 14.9 Å². The van der Waals surface area contributed by atoms with E-state index in [4.69, 9.17) is 0 Å². The number of benzene rings is 1. The summed E-state index contributed by atoms with van der Waals surface area (Å²) in [4.78, 5) is 44.3. The molecule has 0 aliphatic carbocycles. The Balaban J connectivity index is 1.65. The predicted molar refractivity (Wildman–Crippen MR) is 111 cm³/mol. The number of nitrogens with zero attached hydrogens (tertiary/aromatic N) is 3. The van der Waals surface area contributed by atoms with E-state index in [9.17, 15) is 19.5 Å². The van der Waals surface area contributed by atoms with E-state index in [1.54, 1.807) is 18.1 Å². The number of carbonyl (C=O) groups is 3. The number of aryl methyl sites for hydroxylation is 2. The maximum Gasteiger partial charge on any atom is 0.308 e. The molecule has 0 unspecified atom stereocenters. The van der Waals surface area contributed by atoms with Gasteiger partial charge in [-0.3, -0.25) is 14.4 Å². The molecule has 0 radical (unpaired) electrons. The molecule has 7 nitrogen and oxygen atoms in total. The van der Waals surface area contributed by atoms with E-state index in [-0.39, 0.29) is 24.9 Å². The number of carbonyl (C=O) groups excluding carboxylic acids is 2. The molecule has 8 heteroatoms. The van der Waals surface area contributed by atoms with E-state index in [0.29, 0.717) is 24.3 Å². The van der Waals surface area contributed by atoms with Crippen LogP contribution in [0.2, 0.25) is 0 Å². The van der Waals surface area contributed by atoms with Gasteiger partial charge in [-0.25, -0.2) is 4.98 Å². The zero-order valence-electron chi connectivity index (χ0n) is 16.8. The number of piperidine rings is 1. The standard InChI is InChI=1S/C21H25N3O4S/c1-13-6-7-16(14(2)9-13)19-22-10-17(29-19)20(26)23(3)12-18(25)24-8-4-5-15(11-24)21(27)28/h6-7,9-10,15H,4-5,8,11-12H2,1-3H3,(H,27,28)/t15-/m0/s1. The van der Waals surface area contributed by atoms with Crippen LogP contribution in [0.4, 0.5) is 0 Å². The van der Waals surface area contributed by atoms with Crippen LogP contribution < -0.4 is 0 Å². The van der Waals surface area contributed by atoms with Crippen LogP contribution in [0.25, 0.3) is 10.6 Å². The molecular formula is C21H25N3O4S. The molecule has 2 aromatic rings. The van der Waals surface area contributed by atoms with E-state index in [0.717, 1.165) is 16.1 Å². The number of thiazole rings is 1. The Morgan fingerprint density at radius 3 is 2.76 bits per heavy atom. The Kier molecular flexibility index (Phi) is 6.32. The molecule has 2 heterocycles. The van der Waals surface area contributed by atoms with E-state index in [1.165, 1.54) is 21.8 Å². The highest BCUT2D eigenvalue weighted by atomic mass is 32.1. The maximum atomic E-state index is 12.8. The first-order chi connectivity index (χ1) is 13.8. The zero-order chi connectivity index (χ0) is 21.1. The van der Waals surface area contributed by atoms with Crippen molar-refractivity contribution in [2.75, 3.05) is 26.7 Å². The lowest BCUT2D eigenvalue weighted by Crippen LogP contribution is -2.46. The highest BCUT2D eigenvalue weighted by Crippen LogP contribution is 2.29. The fourth-order valence-corrected chi connectivity index (χ4v) is 4.52. The van der Waals surface area contributed by atoms with Crippen molar-refractivity contribution in [1.82, 2.24) is 14.8 Å². The summed E-state index contributed by atoms with van der Waals surface area (Å²) in [6.45, 7) is 4.69. The second kappa shape index (κ2) is 8.73. The third-order valence-corrected chi connectivity index (χ3v) is 6.19. The number of rotatable bonds is 5. The summed E-state index contributed by atoms with van der Waals surface area (Å²) in [5.41, 5.74) is 3.26. The minimum atomic E-state index is -0.879. The summed E-state index contributed by atoms with van der Waals surface area (Å²) in [7, 11) is 1.58. The van der Waals surface area contributed by atoms with Gasteiger partial charge in [0.1, 0.15) is 9.88 Å². The molecule has 1 aromatic carbocycles. The van der Waals surface area contributed by atoms with Gasteiger partial charge in [-0.05, 0) is 32.3 Å². The molecule has 0 bridgehead atoms. The van der Waals surface area contributed by atoms with Gasteiger partial charge in [-0.1, -0.05) is 23.8 Å². The Bertz CT molecular complexity index is 940. The number of likely N-dealkylation sites (tertiary alicyclic amines) is 1. The fraction of sp³-hybridized carbons (Fsp3) is 0.429. The number of aromatic nitrogens is 1. The minimum absolute atomic E-state index is 0.0814. The number of likely N-dealkylation sites (N-methyl/N-ethyl adjacent to an activating group) is 1. The van der Waals surface area contributed by atoms with Gasteiger partial charge in [-0.2, -0.15) is 0 Å². The Morgan fingerprint density at radius 2 is 2.07 bits per heavy atom. The second-order valence-corrected chi connectivity index (χ2v) is 8.56. The summed E-state index contributed by atoms with van der Waals surface area (Å²) in [6.07, 6.45) is 2.79. The third kappa shape index (κ3) is 4.82. The van der Waals surface area contributed by atoms with Crippen molar-refractivity contribution >= 4 is 29.1 Å². The third-order valence-electron chi connectivity index (χ3n) is 5.17. The van der Waals surface area contributed by atoms with Crippen LogP contribution in [0.1, 0.15) is 33.6 Å². The largest absolute Gasteiger partial charge is 0.481 e. The van der Waals surface area contributed by atoms with E-state index >= 15 is 0 Å². The fourth-order valence-electron chi connectivity index (χ4n) is 3.52. The van der Waals surface area contributed by atoms with Crippen molar-refractivity contribution in [1.29, 1.82) is 0 Å². The van der Waals surface area contributed by atoms with Crippen molar-refractivity contribution in [2.45, 2.75) is 26.7 Å². The number of carboxylic acid groups (broad SMARTS) is 1. The molecule has 1 aromatic heterocycles. The topological polar surface area (TPSA) is 90.8 Å². The number of hydrogen-bond donors (Lipinski definition) is 1. The molecular weight excluding hydrogens is 390 g/mol. The minimum Gasteiger partial charge on any atom is -0.481 e. The van der Waals surface area contributed by atoms with Crippen molar-refractivity contribution in [3.63, 3.8) is 0 Å². The SMILES string of the molecule is Cc1ccc(-c2ncc(C(=O)N(C)CC(=O)N3CCC[C@H](C(=O)O)C3)s2)c(C)c1. The smallest absolute Gasteiger partial charge is 0.308 e. The first-order valence-electron chi connectivity index (χ1n) is 9.55. The van der Waals surface area contributed by atoms with Crippen LogP contribution in [0.5, 0.6) is 0 Å². The second-order valence-electron chi connectivity index (χ2n) is 7.53. The molecule has 0 saturated carbocycles. The molecule has 2 amide bonds. The summed E-state index contributed by atoms with van der Waals surface area (Å²) in [5.74, 6) is -1.91. The first-order valence-corrected chi connectivity index (χ1v) is 10.4. The Morgan fingerprint density at radius 1 is 1.31 bits per heavy atom. The van der Waals surface area contributed by atoms with Crippen molar-refractivity contribution in [3.8, 4) is 10.6 Å². The molecule has 1 fully saturated rings. The molecule has 29 heavy (non-hydrogen) atoms. The molecule has 0 spiro atoms. The lowest BCUT2D eigenvalue weighted by Gasteiger charge is -2.31. The van der Waals surface area contributed by atoms with E-state index in [2.05, 4.69) is 11.1 Å². The highest BCUT2D eigenvalue weighted by molar-refractivity contribution is 7.16. The van der Waals surface area contributed by atoms with Gasteiger partial charge in [0.15, 0.2) is 0 Å². The average molecular weight is 416 g/mol. The molecule has 1 aliphatic heterocycles. The Labute approximate surface area is 174 Å². The number of amides is 2. The van der Waals surface area contributed by atoms with Crippen molar-refractivity contribution in [3.05, 3.63) is 40.4 Å². The van der Waals surface area contributed by atoms with E-state index in [1.807, 2.05) is 26.0 Å². The normalized spacial score (nSPS) is 16.5. The monoisotopic (exact) mass is 415 g/mol. The predicted octanol–water partition coefficient (Wildman–Crippen LogP) is 2.82. The highest BCUT2D eigenvalue weighted by Gasteiger charge is 2.29. The van der Waals surface area contributed by atoms with Crippen LogP contribution in [-0.4, -0.2) is 64.4 Å². The van der Waals surface area contributed by atoms with Gasteiger partial charge in [0.05, 0.1) is 18.7 Å². The molecule has 1 N–H and O–H groups in total. The van der Waals surface area contributed by atoms with Crippen LogP contribution >= 0.6 is 11.3 Å². The van der Waals surface area contributed by atoms with Gasteiger partial charge in [0.2, 0.25) is 5.91 Å². The quantitative estimate of drug-likeness (QED) is 0.811. The van der Waals surface area contributed by atoms with Crippen molar-refractivity contribution < 1.29 is 19.5 Å². The summed E-state index contributed by atoms with van der Waals surface area (Å²) >= 11 is 1.30. The molecule has 154 valence electrons. The van der Waals surface area contributed by atoms with Gasteiger partial charge in [0, 0.05) is 25.7 Å². The number of hydrogen-bond acceptors (Lipinski definition) is 5. The summed E-state index contributed by atoms with van der Waals surface area (Å²) < 4.78 is 0. The van der Waals surface area contributed by atoms with Crippen LogP contribution in [0, 0.1) is 19.8 Å². The lowest BCUT2D eigenvalue weighted by molar-refractivity contribution is -0.145. The van der Waals surface area contributed by atoms with Crippen LogP contribution in [0.15, 0.2) is 24.4 Å². The van der Waals surface area contributed by atoms with Crippen LogP contribution in [-0.2, 0) is 9.59 Å². The lowest BCUT2D eigenvalue weighted by atomic mass is 9.98. The summed E-state index contributed by atoms with van der Waals surface area (Å²) in [5, 5.41) is 9.95. The first kappa shape index (κ1) is 21.0. The maximum absolute atomic E-state index is 12.8. The van der Waals surface area contributed by atoms with Gasteiger partial charge >= 0.3 is 5.97 Å². The van der Waals surface area contributed by atoms with E-state index < -0.39 is 11.9 Å². The number of aliphatic carboxylic acids is 1. The molecule has 1 saturated heterocycles. The van der Waals surface area contributed by atoms with Gasteiger partial charge in [0.25, 0.3) is 5.91 Å². The summed E-state index contributed by atoms with van der Waals surface area (Å²) in [6, 6.07) is 6.09. The van der Waals surface area contributed by atoms with Crippen LogP contribution in [0.3, 0.4) is 0 Å². The number of carboxylic acids is 1. The average Bonchev–Trinajstić information content (AvgIpc) is 3.17. The van der Waals surface area contributed by atoms with Gasteiger partial charge in [-0.15, -0.1) is 11.3 Å². The molecule has 3 rings (SSSR count). The Hall–Kier alpha value is -2.74. The molecule has 1 aliphatic rings. The van der Waals surface area contributed by atoms with Crippen molar-refractivity contribution in [2.24, 2.45) is 5.92 Å². The molecule has 1 atom stereocenters.